The number of amides is 1. The number of rotatable bonds is 7. The predicted molar refractivity (Wildman–Crippen MR) is 114 cm³/mol. The number of hydrogen-bond donors (Lipinski definition) is 1. The van der Waals surface area contributed by atoms with E-state index in [9.17, 15) is 9.18 Å². The first-order valence-electron chi connectivity index (χ1n) is 9.77. The van der Waals surface area contributed by atoms with Crippen molar-refractivity contribution in [1.29, 1.82) is 0 Å². The molecule has 0 bridgehead atoms. The molecule has 0 aliphatic carbocycles. The molecule has 2 aromatic carbocycles. The van der Waals surface area contributed by atoms with E-state index in [1.165, 1.54) is 12.1 Å². The lowest BCUT2D eigenvalue weighted by molar-refractivity contribution is -0.126. The van der Waals surface area contributed by atoms with E-state index in [-0.39, 0.29) is 31.0 Å². The van der Waals surface area contributed by atoms with E-state index < -0.39 is 0 Å². The molecule has 1 N–H and O–H groups in total. The number of carbonyl (C=O) groups excluding carboxylic acids is 1. The Morgan fingerprint density at radius 2 is 1.93 bits per heavy atom. The summed E-state index contributed by atoms with van der Waals surface area (Å²) in [6.07, 6.45) is 0. The monoisotopic (exact) mass is 419 g/mol. The minimum Gasteiger partial charge on any atom is -0.369 e. The molecule has 0 saturated carbocycles. The smallest absolute Gasteiger partial charge is 0.246 e. The summed E-state index contributed by atoms with van der Waals surface area (Å²) < 4.78 is 19.4. The van der Waals surface area contributed by atoms with Gasteiger partial charge in [0.1, 0.15) is 12.4 Å². The summed E-state index contributed by atoms with van der Waals surface area (Å²) in [7, 11) is 2.09. The molecule has 1 amide bonds. The van der Waals surface area contributed by atoms with Crippen LogP contribution in [0.25, 0.3) is 0 Å². The van der Waals surface area contributed by atoms with Gasteiger partial charge in [0.05, 0.1) is 12.6 Å². The van der Waals surface area contributed by atoms with Crippen LogP contribution in [0.3, 0.4) is 0 Å². The maximum atomic E-state index is 13.9. The standard InChI is InChI=1S/C22H27ClFN3O2/c1-16(25-22(28)15-29-14-17-5-3-4-6-20(17)23)19-13-18(24)7-8-21(19)27-11-9-26(2)10-12-27/h3-8,13,16H,9-12,14-15H2,1-2H3,(H,25,28). The summed E-state index contributed by atoms with van der Waals surface area (Å²) in [5, 5.41) is 3.52. The zero-order valence-electron chi connectivity index (χ0n) is 16.8. The van der Waals surface area contributed by atoms with E-state index in [0.29, 0.717) is 5.02 Å². The van der Waals surface area contributed by atoms with Crippen LogP contribution in [0.1, 0.15) is 24.1 Å². The zero-order valence-corrected chi connectivity index (χ0v) is 17.6. The Morgan fingerprint density at radius 3 is 2.66 bits per heavy atom. The molecule has 1 heterocycles. The Balaban J connectivity index is 1.59. The molecule has 0 radical (unpaired) electrons. The van der Waals surface area contributed by atoms with Gasteiger partial charge in [0.15, 0.2) is 0 Å². The van der Waals surface area contributed by atoms with E-state index in [2.05, 4.69) is 22.2 Å². The van der Waals surface area contributed by atoms with E-state index in [0.717, 1.165) is 43.0 Å². The zero-order chi connectivity index (χ0) is 20.8. The van der Waals surface area contributed by atoms with Gasteiger partial charge in [-0.2, -0.15) is 0 Å². The van der Waals surface area contributed by atoms with Gasteiger partial charge in [0.2, 0.25) is 5.91 Å². The third kappa shape index (κ3) is 5.92. The first kappa shape index (κ1) is 21.6. The van der Waals surface area contributed by atoms with Gasteiger partial charge in [-0.15, -0.1) is 0 Å². The average Bonchev–Trinajstić information content (AvgIpc) is 2.70. The van der Waals surface area contributed by atoms with Crippen LogP contribution in [0.2, 0.25) is 5.02 Å². The molecule has 5 nitrogen and oxygen atoms in total. The number of halogens is 2. The Kier molecular flexibility index (Phi) is 7.47. The Labute approximate surface area is 176 Å². The first-order chi connectivity index (χ1) is 13.9. The van der Waals surface area contributed by atoms with E-state index in [1.54, 1.807) is 12.1 Å². The number of carbonyl (C=O) groups is 1. The average molecular weight is 420 g/mol. The summed E-state index contributed by atoms with van der Waals surface area (Å²) in [6, 6.07) is 11.8. The highest BCUT2D eigenvalue weighted by molar-refractivity contribution is 6.31. The molecule has 29 heavy (non-hydrogen) atoms. The second kappa shape index (κ2) is 10.1. The van der Waals surface area contributed by atoms with Gasteiger partial charge in [0, 0.05) is 42.5 Å². The molecule has 3 rings (SSSR count). The topological polar surface area (TPSA) is 44.8 Å². The number of nitrogens with zero attached hydrogens (tertiary/aromatic N) is 2. The van der Waals surface area contributed by atoms with Crippen LogP contribution >= 0.6 is 11.6 Å². The second-order valence-corrected chi connectivity index (χ2v) is 7.77. The van der Waals surface area contributed by atoms with Crippen molar-refractivity contribution in [3.8, 4) is 0 Å². The molecule has 7 heteroatoms. The molecule has 1 unspecified atom stereocenters. The Morgan fingerprint density at radius 1 is 1.21 bits per heavy atom. The highest BCUT2D eigenvalue weighted by Crippen LogP contribution is 2.28. The van der Waals surface area contributed by atoms with E-state index >= 15 is 0 Å². The van der Waals surface area contributed by atoms with Crippen molar-refractivity contribution in [2.75, 3.05) is 44.7 Å². The summed E-state index contributed by atoms with van der Waals surface area (Å²) in [6.45, 7) is 5.68. The maximum Gasteiger partial charge on any atom is 0.246 e. The van der Waals surface area contributed by atoms with Crippen LogP contribution in [-0.4, -0.2) is 50.6 Å². The van der Waals surface area contributed by atoms with Gasteiger partial charge in [-0.3, -0.25) is 4.79 Å². The van der Waals surface area contributed by atoms with Crippen molar-refractivity contribution in [1.82, 2.24) is 10.2 Å². The molecular weight excluding hydrogens is 393 g/mol. The Hall–Kier alpha value is -2.15. The van der Waals surface area contributed by atoms with E-state index in [1.807, 2.05) is 25.1 Å². The Bertz CT molecular complexity index is 841. The minimum absolute atomic E-state index is 0.0886. The third-order valence-electron chi connectivity index (χ3n) is 5.13. The molecule has 1 saturated heterocycles. The summed E-state index contributed by atoms with van der Waals surface area (Å²) in [5.41, 5.74) is 2.57. The largest absolute Gasteiger partial charge is 0.369 e. The molecular formula is C22H27ClFN3O2. The van der Waals surface area contributed by atoms with Gasteiger partial charge < -0.3 is 19.9 Å². The first-order valence-corrected chi connectivity index (χ1v) is 10.2. The van der Waals surface area contributed by atoms with Crippen molar-refractivity contribution < 1.29 is 13.9 Å². The van der Waals surface area contributed by atoms with Crippen LogP contribution in [0.15, 0.2) is 42.5 Å². The number of hydrogen-bond acceptors (Lipinski definition) is 4. The van der Waals surface area contributed by atoms with Gasteiger partial charge in [-0.25, -0.2) is 4.39 Å². The lowest BCUT2D eigenvalue weighted by atomic mass is 10.0. The van der Waals surface area contributed by atoms with Crippen LogP contribution in [-0.2, 0) is 16.1 Å². The molecule has 1 aliphatic rings. The normalized spacial score (nSPS) is 15.9. The lowest BCUT2D eigenvalue weighted by Gasteiger charge is -2.36. The fourth-order valence-electron chi connectivity index (χ4n) is 3.44. The number of ether oxygens (including phenoxy) is 1. The number of benzene rings is 2. The van der Waals surface area contributed by atoms with Crippen molar-refractivity contribution in [3.05, 3.63) is 64.4 Å². The summed E-state index contributed by atoms with van der Waals surface area (Å²) in [4.78, 5) is 16.8. The van der Waals surface area contributed by atoms with Gasteiger partial charge in [-0.1, -0.05) is 29.8 Å². The number of likely N-dealkylation sites (N-methyl/N-ethyl adjacent to an activating group) is 1. The lowest BCUT2D eigenvalue weighted by Crippen LogP contribution is -2.45. The molecule has 1 fully saturated rings. The van der Waals surface area contributed by atoms with Crippen LogP contribution in [0, 0.1) is 5.82 Å². The number of nitrogens with one attached hydrogen (secondary N) is 1. The highest BCUT2D eigenvalue weighted by Gasteiger charge is 2.21. The van der Waals surface area contributed by atoms with Crippen molar-refractivity contribution in [2.45, 2.75) is 19.6 Å². The molecule has 1 atom stereocenters. The van der Waals surface area contributed by atoms with Crippen molar-refractivity contribution >= 4 is 23.2 Å². The molecule has 2 aromatic rings. The van der Waals surface area contributed by atoms with Crippen molar-refractivity contribution in [2.24, 2.45) is 0 Å². The molecule has 0 spiro atoms. The fraction of sp³-hybridized carbons (Fsp3) is 0.409. The summed E-state index contributed by atoms with van der Waals surface area (Å²) in [5.74, 6) is -0.563. The van der Waals surface area contributed by atoms with Gasteiger partial charge in [0.25, 0.3) is 0 Å². The van der Waals surface area contributed by atoms with Gasteiger partial charge >= 0.3 is 0 Å². The van der Waals surface area contributed by atoms with E-state index in [4.69, 9.17) is 16.3 Å². The van der Waals surface area contributed by atoms with Crippen molar-refractivity contribution in [3.63, 3.8) is 0 Å². The SMILES string of the molecule is CC(NC(=O)COCc1ccccc1Cl)c1cc(F)ccc1N1CCN(C)CC1. The predicted octanol–water partition coefficient (Wildman–Crippen LogP) is 3.62. The molecule has 1 aliphatic heterocycles. The fourth-order valence-corrected chi connectivity index (χ4v) is 3.63. The quantitative estimate of drug-likeness (QED) is 0.744. The van der Waals surface area contributed by atoms with Gasteiger partial charge in [-0.05, 0) is 43.8 Å². The molecule has 0 aromatic heterocycles. The highest BCUT2D eigenvalue weighted by atomic mass is 35.5. The van der Waals surface area contributed by atoms with Crippen LogP contribution < -0.4 is 10.2 Å². The number of anilines is 1. The second-order valence-electron chi connectivity index (χ2n) is 7.37. The third-order valence-corrected chi connectivity index (χ3v) is 5.49. The van der Waals surface area contributed by atoms with Crippen LogP contribution in [0.4, 0.5) is 10.1 Å². The maximum absolute atomic E-state index is 13.9. The minimum atomic E-state index is -0.336. The summed E-state index contributed by atoms with van der Waals surface area (Å²) >= 11 is 6.10. The van der Waals surface area contributed by atoms with Crippen LogP contribution in [0.5, 0.6) is 0 Å². The molecule has 156 valence electrons. The number of piperazine rings is 1.